The molecular formula is C24H30N2S. The van der Waals surface area contributed by atoms with Crippen molar-refractivity contribution in [1.29, 1.82) is 0 Å². The van der Waals surface area contributed by atoms with Crippen LogP contribution >= 0.6 is 11.9 Å². The second-order valence-corrected chi connectivity index (χ2v) is 8.56. The Kier molecular flexibility index (Phi) is 6.46. The molecule has 0 bridgehead atoms. The van der Waals surface area contributed by atoms with E-state index in [-0.39, 0.29) is 0 Å². The first kappa shape index (κ1) is 19.8. The van der Waals surface area contributed by atoms with Gasteiger partial charge in [-0.1, -0.05) is 42.5 Å². The summed E-state index contributed by atoms with van der Waals surface area (Å²) in [4.78, 5) is 3.85. The first-order valence-electron chi connectivity index (χ1n) is 9.63. The summed E-state index contributed by atoms with van der Waals surface area (Å²) >= 11 is 1.89. The van der Waals surface area contributed by atoms with Gasteiger partial charge >= 0.3 is 0 Å². The number of hydrogen-bond donors (Lipinski definition) is 0. The third kappa shape index (κ3) is 4.85. The van der Waals surface area contributed by atoms with E-state index >= 15 is 0 Å². The van der Waals surface area contributed by atoms with Gasteiger partial charge in [0.1, 0.15) is 0 Å². The summed E-state index contributed by atoms with van der Waals surface area (Å²) < 4.78 is 2.48. The summed E-state index contributed by atoms with van der Waals surface area (Å²) in [7, 11) is 0. The second-order valence-electron chi connectivity index (χ2n) is 7.42. The molecule has 0 spiro atoms. The monoisotopic (exact) mass is 378 g/mol. The zero-order valence-corrected chi connectivity index (χ0v) is 17.8. The average Bonchev–Trinajstić information content (AvgIpc) is 2.69. The maximum Gasteiger partial charge on any atom is 0.0367 e. The van der Waals surface area contributed by atoms with E-state index in [4.69, 9.17) is 0 Å². The van der Waals surface area contributed by atoms with Crippen LogP contribution in [0, 0.1) is 6.92 Å². The molecule has 142 valence electrons. The predicted octanol–water partition coefficient (Wildman–Crippen LogP) is 6.19. The Morgan fingerprint density at radius 3 is 2.11 bits per heavy atom. The van der Waals surface area contributed by atoms with Crippen LogP contribution in [0.1, 0.15) is 31.9 Å². The summed E-state index contributed by atoms with van der Waals surface area (Å²) in [5, 5.41) is 0. The lowest BCUT2D eigenvalue weighted by Crippen LogP contribution is -2.43. The van der Waals surface area contributed by atoms with E-state index in [0.29, 0.717) is 0 Å². The average molecular weight is 379 g/mol. The van der Waals surface area contributed by atoms with Gasteiger partial charge in [0.25, 0.3) is 0 Å². The largest absolute Gasteiger partial charge is 0.369 e. The summed E-state index contributed by atoms with van der Waals surface area (Å²) in [6.45, 7) is 17.2. The third-order valence-corrected chi connectivity index (χ3v) is 6.62. The summed E-state index contributed by atoms with van der Waals surface area (Å²) in [6, 6.07) is 17.5. The molecule has 2 aromatic carbocycles. The third-order valence-electron chi connectivity index (χ3n) is 5.34. The normalized spacial score (nSPS) is 14.9. The minimum atomic E-state index is 1.06. The van der Waals surface area contributed by atoms with E-state index in [1.165, 1.54) is 32.9 Å². The SMILES string of the molecule is C=C(C(C)=C(C)C)c1ccc(N2CCN(Sc3ccccc3C)CC2)cc1. The minimum absolute atomic E-state index is 1.06. The molecule has 1 fully saturated rings. The van der Waals surface area contributed by atoms with Crippen molar-refractivity contribution >= 4 is 23.2 Å². The lowest BCUT2D eigenvalue weighted by atomic mass is 9.97. The van der Waals surface area contributed by atoms with Crippen molar-refractivity contribution in [3.05, 3.63) is 77.4 Å². The van der Waals surface area contributed by atoms with Crippen molar-refractivity contribution < 1.29 is 0 Å². The van der Waals surface area contributed by atoms with Gasteiger partial charge < -0.3 is 4.90 Å². The highest BCUT2D eigenvalue weighted by Crippen LogP contribution is 2.29. The van der Waals surface area contributed by atoms with Gasteiger partial charge in [-0.25, -0.2) is 4.31 Å². The number of piperazine rings is 1. The van der Waals surface area contributed by atoms with Crippen molar-refractivity contribution in [2.75, 3.05) is 31.1 Å². The second kappa shape index (κ2) is 8.81. The fourth-order valence-corrected chi connectivity index (χ4v) is 4.20. The lowest BCUT2D eigenvalue weighted by Gasteiger charge is -2.35. The molecule has 2 aromatic rings. The highest BCUT2D eigenvalue weighted by Gasteiger charge is 2.18. The maximum absolute atomic E-state index is 4.26. The predicted molar refractivity (Wildman–Crippen MR) is 120 cm³/mol. The van der Waals surface area contributed by atoms with Gasteiger partial charge in [-0.2, -0.15) is 0 Å². The summed E-state index contributed by atoms with van der Waals surface area (Å²) in [6.07, 6.45) is 0. The molecular weight excluding hydrogens is 348 g/mol. The molecule has 0 aromatic heterocycles. The number of hydrogen-bond acceptors (Lipinski definition) is 3. The van der Waals surface area contributed by atoms with Gasteiger partial charge in [-0.05, 0) is 80.1 Å². The van der Waals surface area contributed by atoms with E-state index in [1.54, 1.807) is 0 Å². The highest BCUT2D eigenvalue weighted by atomic mass is 32.2. The van der Waals surface area contributed by atoms with Gasteiger partial charge in [-0.15, -0.1) is 0 Å². The van der Waals surface area contributed by atoms with Crippen molar-refractivity contribution in [3.63, 3.8) is 0 Å². The minimum Gasteiger partial charge on any atom is -0.369 e. The first-order chi connectivity index (χ1) is 13.0. The van der Waals surface area contributed by atoms with E-state index in [9.17, 15) is 0 Å². The maximum atomic E-state index is 4.26. The van der Waals surface area contributed by atoms with Crippen LogP contribution in [0.3, 0.4) is 0 Å². The molecule has 0 N–H and O–H groups in total. The Morgan fingerprint density at radius 1 is 0.889 bits per heavy atom. The molecule has 3 rings (SSSR count). The molecule has 0 saturated carbocycles. The van der Waals surface area contributed by atoms with Gasteiger partial charge in [0.05, 0.1) is 0 Å². The van der Waals surface area contributed by atoms with Crippen LogP contribution in [0.15, 0.2) is 71.2 Å². The Bertz CT molecular complexity index is 824. The standard InChI is InChI=1S/C24H30N2S/c1-18(2)20(4)21(5)22-10-12-23(13-11-22)25-14-16-26(17-15-25)27-24-9-7-6-8-19(24)3/h6-13H,5,14-17H2,1-4H3. The molecule has 0 atom stereocenters. The number of rotatable bonds is 5. The zero-order chi connectivity index (χ0) is 19.4. The number of aryl methyl sites for hydroxylation is 1. The molecule has 3 heteroatoms. The quantitative estimate of drug-likeness (QED) is 0.452. The summed E-state index contributed by atoms with van der Waals surface area (Å²) in [5.41, 5.74) is 7.61. The summed E-state index contributed by atoms with van der Waals surface area (Å²) in [5.74, 6) is 0. The van der Waals surface area contributed by atoms with Gasteiger partial charge in [0.15, 0.2) is 0 Å². The van der Waals surface area contributed by atoms with E-state index in [0.717, 1.165) is 31.8 Å². The zero-order valence-electron chi connectivity index (χ0n) is 17.0. The van der Waals surface area contributed by atoms with Gasteiger partial charge in [0.2, 0.25) is 0 Å². The number of nitrogens with zero attached hydrogens (tertiary/aromatic N) is 2. The topological polar surface area (TPSA) is 6.48 Å². The molecule has 27 heavy (non-hydrogen) atoms. The molecule has 1 saturated heterocycles. The van der Waals surface area contributed by atoms with Gasteiger partial charge in [-0.3, -0.25) is 0 Å². The number of anilines is 1. The Hall–Kier alpha value is -1.97. The first-order valence-corrected chi connectivity index (χ1v) is 10.4. The van der Waals surface area contributed by atoms with Crippen LogP contribution in [-0.2, 0) is 0 Å². The van der Waals surface area contributed by atoms with E-state index in [2.05, 4.69) is 92.0 Å². The molecule has 1 aliphatic rings. The molecule has 0 unspecified atom stereocenters. The number of benzene rings is 2. The Labute approximate surface area is 168 Å². The van der Waals surface area contributed by atoms with Crippen molar-refractivity contribution in [2.24, 2.45) is 0 Å². The molecule has 2 nitrogen and oxygen atoms in total. The molecule has 0 aliphatic carbocycles. The van der Waals surface area contributed by atoms with Crippen LogP contribution in [0.4, 0.5) is 5.69 Å². The van der Waals surface area contributed by atoms with Crippen LogP contribution in [0.2, 0.25) is 0 Å². The van der Waals surface area contributed by atoms with Crippen LogP contribution in [0.25, 0.3) is 5.57 Å². The lowest BCUT2D eigenvalue weighted by molar-refractivity contribution is 0.429. The Balaban J connectivity index is 1.59. The molecule has 0 amide bonds. The van der Waals surface area contributed by atoms with Gasteiger partial charge in [0, 0.05) is 36.8 Å². The highest BCUT2D eigenvalue weighted by molar-refractivity contribution is 7.97. The van der Waals surface area contributed by atoms with Crippen molar-refractivity contribution in [1.82, 2.24) is 4.31 Å². The molecule has 1 heterocycles. The number of allylic oxidation sites excluding steroid dienone is 3. The van der Waals surface area contributed by atoms with Crippen molar-refractivity contribution in [2.45, 2.75) is 32.6 Å². The Morgan fingerprint density at radius 2 is 1.52 bits per heavy atom. The van der Waals surface area contributed by atoms with Crippen LogP contribution < -0.4 is 4.90 Å². The van der Waals surface area contributed by atoms with Crippen LogP contribution in [0.5, 0.6) is 0 Å². The fourth-order valence-electron chi connectivity index (χ4n) is 3.23. The smallest absolute Gasteiger partial charge is 0.0367 e. The van der Waals surface area contributed by atoms with Crippen LogP contribution in [-0.4, -0.2) is 30.5 Å². The van der Waals surface area contributed by atoms with Crippen molar-refractivity contribution in [3.8, 4) is 0 Å². The molecule has 0 radical (unpaired) electrons. The van der Waals surface area contributed by atoms with E-state index < -0.39 is 0 Å². The fraction of sp³-hybridized carbons (Fsp3) is 0.333. The van der Waals surface area contributed by atoms with E-state index in [1.807, 2.05) is 11.9 Å². The molecule has 1 aliphatic heterocycles.